The van der Waals surface area contributed by atoms with Crippen molar-refractivity contribution in [1.82, 2.24) is 0 Å². The van der Waals surface area contributed by atoms with E-state index in [4.69, 9.17) is 10.9 Å². The molecule has 2 rings (SSSR count). The fourth-order valence-corrected chi connectivity index (χ4v) is 5.17. The lowest BCUT2D eigenvalue weighted by atomic mass is 10.1. The van der Waals surface area contributed by atoms with E-state index < -0.39 is 19.9 Å². The number of sulfonamides is 1. The van der Waals surface area contributed by atoms with Gasteiger partial charge in [0.2, 0.25) is 10.0 Å². The van der Waals surface area contributed by atoms with Crippen molar-refractivity contribution in [2.24, 2.45) is 11.1 Å². The van der Waals surface area contributed by atoms with Crippen molar-refractivity contribution >= 4 is 31.2 Å². The predicted molar refractivity (Wildman–Crippen MR) is 82.2 cm³/mol. The van der Waals surface area contributed by atoms with Crippen LogP contribution in [0, 0.1) is 12.8 Å². The summed E-state index contributed by atoms with van der Waals surface area (Å²) in [6, 6.07) is 2.93. The van der Waals surface area contributed by atoms with Gasteiger partial charge in [0.15, 0.2) is 9.84 Å². The normalized spacial score (nSPS) is 21.3. The van der Waals surface area contributed by atoms with Crippen LogP contribution in [-0.2, 0) is 19.9 Å². The molecule has 1 saturated heterocycles. The molecule has 5 N–H and O–H groups in total. The van der Waals surface area contributed by atoms with Crippen molar-refractivity contribution in [3.05, 3.63) is 17.7 Å². The largest absolute Gasteiger partial charge is 0.399 e. The van der Waals surface area contributed by atoms with Crippen molar-refractivity contribution in [3.63, 3.8) is 0 Å². The lowest BCUT2D eigenvalue weighted by Gasteiger charge is -2.16. The number of benzene rings is 1. The van der Waals surface area contributed by atoms with Crippen LogP contribution in [0.3, 0.4) is 0 Å². The first-order valence-electron chi connectivity index (χ1n) is 6.46. The number of nitrogen functional groups attached to an aromatic ring is 1. The van der Waals surface area contributed by atoms with E-state index in [-0.39, 0.29) is 28.0 Å². The van der Waals surface area contributed by atoms with Crippen LogP contribution in [0.2, 0.25) is 0 Å². The number of nitrogens with one attached hydrogen (secondary N) is 1. The average Bonchev–Trinajstić information content (AvgIpc) is 2.68. The molecule has 118 valence electrons. The molecule has 9 heteroatoms. The van der Waals surface area contributed by atoms with E-state index >= 15 is 0 Å². The maximum Gasteiger partial charge on any atom is 0.238 e. The summed E-state index contributed by atoms with van der Waals surface area (Å²) in [4.78, 5) is -0.0240. The van der Waals surface area contributed by atoms with Crippen molar-refractivity contribution in [2.45, 2.75) is 18.2 Å². The Morgan fingerprint density at radius 2 is 2.05 bits per heavy atom. The summed E-state index contributed by atoms with van der Waals surface area (Å²) >= 11 is 0. The molecule has 1 aliphatic heterocycles. The second-order valence-electron chi connectivity index (χ2n) is 5.39. The van der Waals surface area contributed by atoms with Gasteiger partial charge in [0, 0.05) is 17.9 Å². The average molecular weight is 333 g/mol. The molecule has 0 aromatic heterocycles. The summed E-state index contributed by atoms with van der Waals surface area (Å²) in [5.41, 5.74) is 7.02. The van der Waals surface area contributed by atoms with Crippen LogP contribution >= 0.6 is 0 Å². The van der Waals surface area contributed by atoms with E-state index in [9.17, 15) is 16.8 Å². The molecule has 21 heavy (non-hydrogen) atoms. The Morgan fingerprint density at radius 1 is 1.38 bits per heavy atom. The van der Waals surface area contributed by atoms with E-state index in [2.05, 4.69) is 5.32 Å². The molecule has 0 spiro atoms. The Labute approximate surface area is 124 Å². The molecule has 7 nitrogen and oxygen atoms in total. The molecule has 1 fully saturated rings. The summed E-state index contributed by atoms with van der Waals surface area (Å²) in [6.07, 6.45) is 0.610. The minimum atomic E-state index is -3.85. The van der Waals surface area contributed by atoms with Crippen LogP contribution in [0.4, 0.5) is 11.4 Å². The molecule has 0 amide bonds. The number of sulfone groups is 1. The van der Waals surface area contributed by atoms with Gasteiger partial charge in [-0.3, -0.25) is 0 Å². The van der Waals surface area contributed by atoms with Crippen molar-refractivity contribution < 1.29 is 16.8 Å². The number of hydrogen-bond donors (Lipinski definition) is 3. The lowest BCUT2D eigenvalue weighted by molar-refractivity contribution is 0.595. The van der Waals surface area contributed by atoms with Gasteiger partial charge in [-0.15, -0.1) is 0 Å². The summed E-state index contributed by atoms with van der Waals surface area (Å²) in [5, 5.41) is 8.24. The predicted octanol–water partition coefficient (Wildman–Crippen LogP) is 0.0712. The minimum absolute atomic E-state index is 0.0220. The highest BCUT2D eigenvalue weighted by Crippen LogP contribution is 2.27. The van der Waals surface area contributed by atoms with E-state index in [1.54, 1.807) is 13.0 Å². The molecule has 1 aromatic carbocycles. The third-order valence-electron chi connectivity index (χ3n) is 3.60. The molecule has 0 aliphatic carbocycles. The Balaban J connectivity index is 2.20. The molecule has 1 unspecified atom stereocenters. The first kappa shape index (κ1) is 16.1. The van der Waals surface area contributed by atoms with Gasteiger partial charge in [-0.05, 0) is 37.0 Å². The van der Waals surface area contributed by atoms with E-state index in [0.717, 1.165) is 0 Å². The SMILES string of the molecule is Cc1c(NCC2CCS(=O)(=O)C2)cc(N)cc1S(N)(=O)=O. The zero-order valence-corrected chi connectivity index (χ0v) is 13.3. The fraction of sp³-hybridized carbons (Fsp3) is 0.500. The molecule has 0 radical (unpaired) electrons. The highest BCUT2D eigenvalue weighted by molar-refractivity contribution is 7.91. The second-order valence-corrected chi connectivity index (χ2v) is 9.15. The topological polar surface area (TPSA) is 132 Å². The van der Waals surface area contributed by atoms with Crippen molar-refractivity contribution in [3.8, 4) is 0 Å². The molecule has 0 saturated carbocycles. The second kappa shape index (κ2) is 5.47. The van der Waals surface area contributed by atoms with Crippen LogP contribution in [0.25, 0.3) is 0 Å². The number of rotatable bonds is 4. The Hall–Kier alpha value is -1.32. The summed E-state index contributed by atoms with van der Waals surface area (Å²) in [5.74, 6) is 0.384. The van der Waals surface area contributed by atoms with Crippen LogP contribution < -0.4 is 16.2 Å². The van der Waals surface area contributed by atoms with Crippen LogP contribution in [0.5, 0.6) is 0 Å². The van der Waals surface area contributed by atoms with Crippen LogP contribution in [-0.4, -0.2) is 34.9 Å². The highest BCUT2D eigenvalue weighted by atomic mass is 32.2. The number of anilines is 2. The zero-order valence-electron chi connectivity index (χ0n) is 11.7. The Kier molecular flexibility index (Phi) is 4.18. The first-order chi connectivity index (χ1) is 9.58. The standard InChI is InChI=1S/C12H19N3O4S2/c1-8-11(4-10(13)5-12(8)21(14,18)19)15-6-9-2-3-20(16,17)7-9/h4-5,9,15H,2-3,6-7,13H2,1H3,(H2,14,18,19). The smallest absolute Gasteiger partial charge is 0.238 e. The Morgan fingerprint density at radius 3 is 2.57 bits per heavy atom. The number of primary sulfonamides is 1. The van der Waals surface area contributed by atoms with Gasteiger partial charge in [0.05, 0.1) is 16.4 Å². The van der Waals surface area contributed by atoms with Gasteiger partial charge in [0.1, 0.15) is 0 Å². The van der Waals surface area contributed by atoms with E-state index in [0.29, 0.717) is 24.2 Å². The quantitative estimate of drug-likeness (QED) is 0.668. The third-order valence-corrected chi connectivity index (χ3v) is 6.47. The van der Waals surface area contributed by atoms with Crippen molar-refractivity contribution in [2.75, 3.05) is 29.1 Å². The van der Waals surface area contributed by atoms with E-state index in [1.807, 2.05) is 0 Å². The minimum Gasteiger partial charge on any atom is -0.399 e. The zero-order chi connectivity index (χ0) is 15.8. The number of hydrogen-bond acceptors (Lipinski definition) is 6. The van der Waals surface area contributed by atoms with Gasteiger partial charge < -0.3 is 11.1 Å². The van der Waals surface area contributed by atoms with Gasteiger partial charge in [-0.2, -0.15) is 0 Å². The molecule has 1 atom stereocenters. The third kappa shape index (κ3) is 3.86. The summed E-state index contributed by atoms with van der Waals surface area (Å²) in [7, 11) is -6.78. The van der Waals surface area contributed by atoms with Crippen LogP contribution in [0.15, 0.2) is 17.0 Å². The molecular weight excluding hydrogens is 314 g/mol. The Bertz CT molecular complexity index is 757. The summed E-state index contributed by atoms with van der Waals surface area (Å²) < 4.78 is 45.9. The molecule has 0 bridgehead atoms. The van der Waals surface area contributed by atoms with Gasteiger partial charge >= 0.3 is 0 Å². The maximum absolute atomic E-state index is 11.5. The monoisotopic (exact) mass is 333 g/mol. The summed E-state index contributed by atoms with van der Waals surface area (Å²) in [6.45, 7) is 2.08. The molecule has 1 aliphatic rings. The lowest BCUT2D eigenvalue weighted by Crippen LogP contribution is -2.18. The van der Waals surface area contributed by atoms with Gasteiger partial charge in [-0.25, -0.2) is 22.0 Å². The first-order valence-corrected chi connectivity index (χ1v) is 9.82. The highest BCUT2D eigenvalue weighted by Gasteiger charge is 2.27. The molecular formula is C12H19N3O4S2. The number of nitrogens with two attached hydrogens (primary N) is 2. The van der Waals surface area contributed by atoms with Gasteiger partial charge in [0.25, 0.3) is 0 Å². The van der Waals surface area contributed by atoms with Crippen LogP contribution in [0.1, 0.15) is 12.0 Å². The van der Waals surface area contributed by atoms with E-state index in [1.165, 1.54) is 6.07 Å². The maximum atomic E-state index is 11.5. The molecule has 1 aromatic rings. The fourth-order valence-electron chi connectivity index (χ4n) is 2.48. The van der Waals surface area contributed by atoms with Crippen molar-refractivity contribution in [1.29, 1.82) is 0 Å². The molecule has 1 heterocycles. The van der Waals surface area contributed by atoms with Gasteiger partial charge in [-0.1, -0.05) is 0 Å².